The number of aliphatic carboxylic acids is 1. The summed E-state index contributed by atoms with van der Waals surface area (Å²) in [7, 11) is 0. The van der Waals surface area contributed by atoms with Crippen molar-refractivity contribution in [3.8, 4) is 0 Å². The fourth-order valence-electron chi connectivity index (χ4n) is 2.01. The first kappa shape index (κ1) is 14.3. The van der Waals surface area contributed by atoms with E-state index in [1.807, 2.05) is 30.3 Å². The number of carbonyl (C=O) groups excluding carboxylic acids is 1. The van der Waals surface area contributed by atoms with Gasteiger partial charge in [-0.1, -0.05) is 30.3 Å². The van der Waals surface area contributed by atoms with Crippen molar-refractivity contribution in [3.63, 3.8) is 0 Å². The minimum Gasteiger partial charge on any atom is -0.481 e. The molecule has 1 aromatic rings. The molecule has 1 heterocycles. The number of hydrogen-bond donors (Lipinski definition) is 1. The highest BCUT2D eigenvalue weighted by atomic mass is 16.6. The van der Waals surface area contributed by atoms with E-state index in [0.29, 0.717) is 13.2 Å². The number of rotatable bonds is 4. The first-order valence-corrected chi connectivity index (χ1v) is 6.44. The lowest BCUT2D eigenvalue weighted by Gasteiger charge is -2.31. The molecule has 1 saturated heterocycles. The van der Waals surface area contributed by atoms with Gasteiger partial charge in [-0.15, -0.1) is 0 Å². The molecule has 20 heavy (non-hydrogen) atoms. The molecule has 1 amide bonds. The number of ether oxygens (including phenoxy) is 2. The van der Waals surface area contributed by atoms with Crippen LogP contribution in [0, 0.1) is 0 Å². The second-order valence-corrected chi connectivity index (χ2v) is 4.58. The van der Waals surface area contributed by atoms with Gasteiger partial charge < -0.3 is 19.5 Å². The van der Waals surface area contributed by atoms with Crippen LogP contribution in [0.4, 0.5) is 4.79 Å². The van der Waals surface area contributed by atoms with Gasteiger partial charge in [0.1, 0.15) is 6.61 Å². The van der Waals surface area contributed by atoms with E-state index >= 15 is 0 Å². The monoisotopic (exact) mass is 279 g/mol. The van der Waals surface area contributed by atoms with E-state index in [1.54, 1.807) is 0 Å². The van der Waals surface area contributed by atoms with Gasteiger partial charge in [0, 0.05) is 6.54 Å². The van der Waals surface area contributed by atoms with Gasteiger partial charge in [0.2, 0.25) is 0 Å². The summed E-state index contributed by atoms with van der Waals surface area (Å²) in [5, 5.41) is 8.73. The predicted molar refractivity (Wildman–Crippen MR) is 70.2 cm³/mol. The number of carbonyl (C=O) groups is 2. The molecule has 0 radical (unpaired) electrons. The Bertz CT molecular complexity index is 462. The van der Waals surface area contributed by atoms with Crippen LogP contribution in [0.25, 0.3) is 0 Å². The zero-order valence-corrected chi connectivity index (χ0v) is 11.0. The summed E-state index contributed by atoms with van der Waals surface area (Å²) in [6, 6.07) is 9.39. The summed E-state index contributed by atoms with van der Waals surface area (Å²) in [5.74, 6) is -0.936. The summed E-state index contributed by atoms with van der Waals surface area (Å²) in [4.78, 5) is 24.0. The molecular weight excluding hydrogens is 262 g/mol. The van der Waals surface area contributed by atoms with Crippen LogP contribution in [-0.2, 0) is 20.9 Å². The van der Waals surface area contributed by atoms with E-state index in [0.717, 1.165) is 5.56 Å². The minimum absolute atomic E-state index is 0.109. The van der Waals surface area contributed by atoms with Gasteiger partial charge in [-0.3, -0.25) is 4.79 Å². The number of carboxylic acids is 1. The van der Waals surface area contributed by atoms with Gasteiger partial charge in [-0.2, -0.15) is 0 Å². The van der Waals surface area contributed by atoms with Crippen molar-refractivity contribution in [2.45, 2.75) is 19.1 Å². The maximum Gasteiger partial charge on any atom is 0.410 e. The largest absolute Gasteiger partial charge is 0.481 e. The molecule has 0 aromatic heterocycles. The number of benzene rings is 1. The minimum atomic E-state index is -0.936. The van der Waals surface area contributed by atoms with Gasteiger partial charge in [-0.25, -0.2) is 4.79 Å². The first-order chi connectivity index (χ1) is 9.65. The van der Waals surface area contributed by atoms with Crippen LogP contribution < -0.4 is 0 Å². The van der Waals surface area contributed by atoms with Crippen LogP contribution in [0.1, 0.15) is 12.0 Å². The Morgan fingerprint density at radius 1 is 1.35 bits per heavy atom. The molecule has 1 fully saturated rings. The van der Waals surface area contributed by atoms with Crippen LogP contribution in [0.2, 0.25) is 0 Å². The fraction of sp³-hybridized carbons (Fsp3) is 0.429. The summed E-state index contributed by atoms with van der Waals surface area (Å²) in [6.45, 7) is 1.21. The molecule has 1 aliphatic heterocycles. The van der Waals surface area contributed by atoms with Gasteiger partial charge in [0.15, 0.2) is 0 Å². The van der Waals surface area contributed by atoms with Gasteiger partial charge in [0.25, 0.3) is 0 Å². The van der Waals surface area contributed by atoms with Crippen molar-refractivity contribution in [2.75, 3.05) is 19.7 Å². The zero-order valence-electron chi connectivity index (χ0n) is 11.0. The summed E-state index contributed by atoms with van der Waals surface area (Å²) < 4.78 is 10.5. The van der Waals surface area contributed by atoms with Crippen molar-refractivity contribution in [1.29, 1.82) is 0 Å². The lowest BCUT2D eigenvalue weighted by molar-refractivity contribution is -0.141. The van der Waals surface area contributed by atoms with E-state index in [9.17, 15) is 9.59 Å². The van der Waals surface area contributed by atoms with E-state index in [1.165, 1.54) is 4.90 Å². The summed E-state index contributed by atoms with van der Waals surface area (Å²) in [5.41, 5.74) is 0.913. The maximum atomic E-state index is 11.9. The molecule has 1 aromatic carbocycles. The molecular formula is C14H17NO5. The molecule has 0 aliphatic carbocycles. The van der Waals surface area contributed by atoms with Crippen molar-refractivity contribution >= 4 is 12.1 Å². The Kier molecular flexibility index (Phi) is 4.95. The Labute approximate surface area is 116 Å². The van der Waals surface area contributed by atoms with E-state index in [-0.39, 0.29) is 19.6 Å². The van der Waals surface area contributed by atoms with E-state index < -0.39 is 18.2 Å². The number of nitrogens with zero attached hydrogens (tertiary/aromatic N) is 1. The Hall–Kier alpha value is -2.08. The second kappa shape index (κ2) is 6.91. The van der Waals surface area contributed by atoms with Gasteiger partial charge in [-0.05, 0) is 5.56 Å². The zero-order chi connectivity index (χ0) is 14.4. The van der Waals surface area contributed by atoms with E-state index in [2.05, 4.69) is 0 Å². The highest BCUT2D eigenvalue weighted by Crippen LogP contribution is 2.11. The number of amides is 1. The van der Waals surface area contributed by atoms with Crippen molar-refractivity contribution in [3.05, 3.63) is 35.9 Å². The molecule has 1 aliphatic rings. The van der Waals surface area contributed by atoms with Crippen LogP contribution in [0.5, 0.6) is 0 Å². The topological polar surface area (TPSA) is 76.1 Å². The fourth-order valence-corrected chi connectivity index (χ4v) is 2.01. The Balaban J connectivity index is 1.81. The van der Waals surface area contributed by atoms with Crippen LogP contribution in [-0.4, -0.2) is 47.9 Å². The average Bonchev–Trinajstić information content (AvgIpc) is 2.45. The normalized spacial score (nSPS) is 18.6. The number of morpholine rings is 1. The van der Waals surface area contributed by atoms with Crippen molar-refractivity contribution < 1.29 is 24.2 Å². The lowest BCUT2D eigenvalue weighted by Crippen LogP contribution is -2.46. The predicted octanol–water partition coefficient (Wildman–Crippen LogP) is 1.50. The van der Waals surface area contributed by atoms with E-state index in [4.69, 9.17) is 14.6 Å². The van der Waals surface area contributed by atoms with Crippen LogP contribution in [0.3, 0.4) is 0 Å². The molecule has 6 nitrogen and oxygen atoms in total. The smallest absolute Gasteiger partial charge is 0.410 e. The quantitative estimate of drug-likeness (QED) is 0.903. The Morgan fingerprint density at radius 3 is 2.80 bits per heavy atom. The molecule has 1 N–H and O–H groups in total. The third-order valence-electron chi connectivity index (χ3n) is 3.00. The Morgan fingerprint density at radius 2 is 2.10 bits per heavy atom. The highest BCUT2D eigenvalue weighted by molar-refractivity contribution is 5.69. The third-order valence-corrected chi connectivity index (χ3v) is 3.00. The highest BCUT2D eigenvalue weighted by Gasteiger charge is 2.26. The SMILES string of the molecule is O=C(O)C[C@@H]1CN(C(=O)OCc2ccccc2)CCO1. The number of carboxylic acid groups (broad SMARTS) is 1. The molecule has 0 bridgehead atoms. The van der Waals surface area contributed by atoms with Crippen LogP contribution in [0.15, 0.2) is 30.3 Å². The molecule has 0 saturated carbocycles. The summed E-state index contributed by atoms with van der Waals surface area (Å²) in [6.07, 6.45) is -1.01. The third kappa shape index (κ3) is 4.24. The number of hydrogen-bond acceptors (Lipinski definition) is 4. The molecule has 1 atom stereocenters. The van der Waals surface area contributed by atoms with Crippen LogP contribution >= 0.6 is 0 Å². The van der Waals surface area contributed by atoms with Crippen molar-refractivity contribution in [2.24, 2.45) is 0 Å². The van der Waals surface area contributed by atoms with Crippen molar-refractivity contribution in [1.82, 2.24) is 4.90 Å². The first-order valence-electron chi connectivity index (χ1n) is 6.44. The van der Waals surface area contributed by atoms with Gasteiger partial charge >= 0.3 is 12.1 Å². The average molecular weight is 279 g/mol. The maximum absolute atomic E-state index is 11.9. The molecule has 2 rings (SSSR count). The molecule has 0 unspecified atom stereocenters. The summed E-state index contributed by atoms with van der Waals surface area (Å²) >= 11 is 0. The second-order valence-electron chi connectivity index (χ2n) is 4.58. The molecule has 6 heteroatoms. The van der Waals surface area contributed by atoms with Gasteiger partial charge in [0.05, 0.1) is 25.7 Å². The lowest BCUT2D eigenvalue weighted by atomic mass is 10.2. The molecule has 0 spiro atoms. The molecule has 108 valence electrons. The standard InChI is InChI=1S/C14H17NO5/c16-13(17)8-12-9-15(6-7-19-12)14(18)20-10-11-4-2-1-3-5-11/h1-5,12H,6-10H2,(H,16,17)/t12-/m1/s1.